The van der Waals surface area contributed by atoms with Crippen LogP contribution in [0.5, 0.6) is 0 Å². The lowest BCUT2D eigenvalue weighted by Gasteiger charge is -2.32. The number of benzene rings is 1. The van der Waals surface area contributed by atoms with Crippen LogP contribution in [0.2, 0.25) is 0 Å². The molecule has 32 heavy (non-hydrogen) atoms. The molecule has 0 unspecified atom stereocenters. The monoisotopic (exact) mass is 465 g/mol. The molecule has 1 aromatic carbocycles. The zero-order chi connectivity index (χ0) is 22.7. The van der Waals surface area contributed by atoms with Gasteiger partial charge in [-0.2, -0.15) is 13.2 Å². The van der Waals surface area contributed by atoms with Gasteiger partial charge in [-0.3, -0.25) is 5.32 Å². The predicted molar refractivity (Wildman–Crippen MR) is 114 cm³/mol. The third kappa shape index (κ3) is 5.10. The largest absolute Gasteiger partial charge is 0.446 e. The van der Waals surface area contributed by atoms with E-state index in [1.165, 1.54) is 11.3 Å². The minimum Gasteiger partial charge on any atom is -0.446 e. The summed E-state index contributed by atoms with van der Waals surface area (Å²) in [6.45, 7) is 1.24. The van der Waals surface area contributed by atoms with Gasteiger partial charge in [0.15, 0.2) is 5.71 Å². The van der Waals surface area contributed by atoms with Gasteiger partial charge in [0.05, 0.1) is 10.6 Å². The van der Waals surface area contributed by atoms with Crippen molar-refractivity contribution >= 4 is 45.9 Å². The number of nitrogens with one attached hydrogen (secondary N) is 1. The molecule has 0 bridgehead atoms. The van der Waals surface area contributed by atoms with Crippen LogP contribution < -0.4 is 10.2 Å². The van der Waals surface area contributed by atoms with Crippen molar-refractivity contribution in [3.63, 3.8) is 0 Å². The first-order valence-corrected chi connectivity index (χ1v) is 10.6. The van der Waals surface area contributed by atoms with Crippen molar-refractivity contribution in [3.05, 3.63) is 52.9 Å². The maximum Gasteiger partial charge on any atom is 0.437 e. The number of halogens is 3. The Balaban J connectivity index is 1.33. The highest BCUT2D eigenvalue weighted by Crippen LogP contribution is 2.33. The molecule has 0 aliphatic carbocycles. The molecule has 168 valence electrons. The Morgan fingerprint density at radius 3 is 2.59 bits per heavy atom. The number of para-hydroxylation sites is 1. The average Bonchev–Trinajstić information content (AvgIpc) is 3.36. The van der Waals surface area contributed by atoms with Crippen LogP contribution >= 0.6 is 11.3 Å². The van der Waals surface area contributed by atoms with Gasteiger partial charge in [-0.05, 0) is 30.3 Å². The van der Waals surface area contributed by atoms with Crippen molar-refractivity contribution in [1.29, 1.82) is 0 Å². The van der Waals surface area contributed by atoms with E-state index in [0.29, 0.717) is 36.5 Å². The van der Waals surface area contributed by atoms with Crippen molar-refractivity contribution < 1.29 is 32.3 Å². The van der Waals surface area contributed by atoms with Crippen LogP contribution in [0.3, 0.4) is 0 Å². The highest BCUT2D eigenvalue weighted by atomic mass is 32.1. The van der Waals surface area contributed by atoms with Gasteiger partial charge in [-0.25, -0.2) is 9.59 Å². The second-order valence-corrected chi connectivity index (χ2v) is 8.23. The van der Waals surface area contributed by atoms with Crippen LogP contribution in [-0.2, 0) is 14.4 Å². The first-order chi connectivity index (χ1) is 15.3. The summed E-state index contributed by atoms with van der Waals surface area (Å²) < 4.78 is 44.4. The lowest BCUT2D eigenvalue weighted by molar-refractivity contribution is -0.136. The van der Waals surface area contributed by atoms with Gasteiger partial charge >= 0.3 is 18.2 Å². The van der Waals surface area contributed by atoms with E-state index in [0.717, 1.165) is 11.1 Å². The molecule has 2 aliphatic heterocycles. The second-order valence-electron chi connectivity index (χ2n) is 7.13. The molecular weight excluding hydrogens is 447 g/mol. The number of hydrogen-bond donors (Lipinski definition) is 1. The number of oxime groups is 1. The van der Waals surface area contributed by atoms with E-state index < -0.39 is 29.5 Å². The summed E-state index contributed by atoms with van der Waals surface area (Å²) in [4.78, 5) is 30.4. The molecule has 0 saturated carbocycles. The van der Waals surface area contributed by atoms with Gasteiger partial charge in [0, 0.05) is 36.5 Å². The highest BCUT2D eigenvalue weighted by Gasteiger charge is 2.45. The van der Waals surface area contributed by atoms with Gasteiger partial charge in [0.25, 0.3) is 0 Å². The molecule has 3 heterocycles. The number of ether oxygens (including phenoxy) is 1. The minimum absolute atomic E-state index is 0.227. The standard InChI is InChI=1S/C21H18F3N3O4S/c22-21(23,24)18-16(19(28)31-26-18)12-15-6-7-17(32-15)27-10-8-14(9-11-27)30-20(29)25-13-4-2-1-3-5-13/h1-7,12,14H,8-11H2,(H,25,29)/b16-12-. The third-order valence-electron chi connectivity index (χ3n) is 4.91. The number of alkyl halides is 3. The number of anilines is 2. The smallest absolute Gasteiger partial charge is 0.437 e. The minimum atomic E-state index is -4.77. The Morgan fingerprint density at radius 1 is 1.19 bits per heavy atom. The quantitative estimate of drug-likeness (QED) is 0.517. The topological polar surface area (TPSA) is 80.2 Å². The Hall–Kier alpha value is -3.34. The van der Waals surface area contributed by atoms with Crippen molar-refractivity contribution in [1.82, 2.24) is 0 Å². The summed E-state index contributed by atoms with van der Waals surface area (Å²) >= 11 is 1.26. The summed E-state index contributed by atoms with van der Waals surface area (Å²) in [6, 6.07) is 12.4. The number of rotatable bonds is 4. The van der Waals surface area contributed by atoms with E-state index in [-0.39, 0.29) is 6.10 Å². The Kier molecular flexibility index (Phi) is 6.17. The fraction of sp³-hybridized carbons (Fsp3) is 0.286. The van der Waals surface area contributed by atoms with Crippen LogP contribution in [0.25, 0.3) is 6.08 Å². The molecule has 1 aromatic heterocycles. The number of nitrogens with zero attached hydrogens (tertiary/aromatic N) is 2. The van der Waals surface area contributed by atoms with Gasteiger partial charge in [0.2, 0.25) is 0 Å². The number of hydrogen-bond acceptors (Lipinski definition) is 7. The van der Waals surface area contributed by atoms with E-state index in [1.807, 2.05) is 18.2 Å². The second kappa shape index (κ2) is 9.03. The van der Waals surface area contributed by atoms with E-state index in [2.05, 4.69) is 20.2 Å². The van der Waals surface area contributed by atoms with E-state index >= 15 is 0 Å². The lowest BCUT2D eigenvalue weighted by atomic mass is 10.1. The van der Waals surface area contributed by atoms with Crippen LogP contribution in [-0.4, -0.2) is 43.1 Å². The van der Waals surface area contributed by atoms with Crippen molar-refractivity contribution in [3.8, 4) is 0 Å². The van der Waals surface area contributed by atoms with Crippen molar-refractivity contribution in [2.75, 3.05) is 23.3 Å². The molecule has 2 aliphatic rings. The normalized spacial score (nSPS) is 18.5. The molecule has 1 amide bonds. The molecule has 0 atom stereocenters. The summed E-state index contributed by atoms with van der Waals surface area (Å²) in [5, 5.41) is 6.37. The predicted octanol–water partition coefficient (Wildman–Crippen LogP) is 4.82. The molecule has 1 saturated heterocycles. The maximum absolute atomic E-state index is 13.0. The van der Waals surface area contributed by atoms with Gasteiger partial charge in [-0.15, -0.1) is 11.3 Å². The molecule has 1 fully saturated rings. The highest BCUT2D eigenvalue weighted by molar-refractivity contribution is 7.17. The first-order valence-electron chi connectivity index (χ1n) is 9.75. The number of thiophene rings is 1. The summed E-state index contributed by atoms with van der Waals surface area (Å²) in [5.41, 5.74) is -1.29. The molecule has 11 heteroatoms. The summed E-state index contributed by atoms with van der Waals surface area (Å²) in [6.07, 6.45) is -3.13. The number of piperidine rings is 1. The first kappa shape index (κ1) is 21.9. The zero-order valence-corrected chi connectivity index (χ0v) is 17.4. The molecule has 7 nitrogen and oxygen atoms in total. The van der Waals surface area contributed by atoms with Crippen LogP contribution in [0, 0.1) is 0 Å². The fourth-order valence-electron chi connectivity index (χ4n) is 3.36. The Bertz CT molecular complexity index is 1060. The summed E-state index contributed by atoms with van der Waals surface area (Å²) in [7, 11) is 0. The molecule has 0 radical (unpaired) electrons. The zero-order valence-electron chi connectivity index (χ0n) is 16.6. The van der Waals surface area contributed by atoms with Gasteiger partial charge in [0.1, 0.15) is 6.10 Å². The average molecular weight is 465 g/mol. The number of carbonyl (C=O) groups excluding carboxylic acids is 2. The lowest BCUT2D eigenvalue weighted by Crippen LogP contribution is -2.38. The van der Waals surface area contributed by atoms with Crippen molar-refractivity contribution in [2.45, 2.75) is 25.1 Å². The van der Waals surface area contributed by atoms with Crippen LogP contribution in [0.4, 0.5) is 28.7 Å². The maximum atomic E-state index is 13.0. The number of amides is 1. The molecule has 1 N–H and O–H groups in total. The Morgan fingerprint density at radius 2 is 1.91 bits per heavy atom. The molecule has 0 spiro atoms. The van der Waals surface area contributed by atoms with Crippen molar-refractivity contribution in [2.24, 2.45) is 5.16 Å². The van der Waals surface area contributed by atoms with E-state index in [4.69, 9.17) is 4.74 Å². The molecular formula is C21H18F3N3O4S. The Labute approximate surface area is 185 Å². The van der Waals surface area contributed by atoms with Gasteiger partial charge < -0.3 is 14.5 Å². The molecule has 4 rings (SSSR count). The number of carbonyl (C=O) groups is 2. The third-order valence-corrected chi connectivity index (χ3v) is 6.00. The summed E-state index contributed by atoms with van der Waals surface area (Å²) in [5.74, 6) is -1.13. The van der Waals surface area contributed by atoms with Crippen LogP contribution in [0.15, 0.2) is 53.2 Å². The SMILES string of the molecule is O=C(Nc1ccccc1)OC1CCN(c2ccc(/C=C3\C(=O)ON=C3C(F)(F)F)s2)CC1. The van der Waals surface area contributed by atoms with E-state index in [9.17, 15) is 22.8 Å². The fourth-order valence-corrected chi connectivity index (χ4v) is 4.36. The molecule has 2 aromatic rings. The van der Waals surface area contributed by atoms with Crippen LogP contribution in [0.1, 0.15) is 17.7 Å². The van der Waals surface area contributed by atoms with Gasteiger partial charge in [-0.1, -0.05) is 23.4 Å². The van der Waals surface area contributed by atoms with E-state index in [1.54, 1.807) is 24.3 Å².